The van der Waals surface area contributed by atoms with E-state index >= 15 is 0 Å². The summed E-state index contributed by atoms with van der Waals surface area (Å²) in [5, 5.41) is 17.2. The molecule has 13 heteroatoms. The van der Waals surface area contributed by atoms with Gasteiger partial charge in [0.1, 0.15) is 33.5 Å². The second kappa shape index (κ2) is 12.3. The lowest BCUT2D eigenvalue weighted by atomic mass is 9.93. The molecule has 0 bridgehead atoms. The van der Waals surface area contributed by atoms with Gasteiger partial charge in [-0.15, -0.1) is 0 Å². The quantitative estimate of drug-likeness (QED) is 0.261. The number of carbonyl (C=O) groups is 1. The third-order valence-electron chi connectivity index (χ3n) is 7.57. The van der Waals surface area contributed by atoms with Crippen molar-refractivity contribution >= 4 is 27.5 Å². The van der Waals surface area contributed by atoms with Gasteiger partial charge in [-0.2, -0.15) is 10.4 Å². The summed E-state index contributed by atoms with van der Waals surface area (Å²) in [5.74, 6) is -0.612. The van der Waals surface area contributed by atoms with Gasteiger partial charge in [-0.3, -0.25) is 14.2 Å². The van der Waals surface area contributed by atoms with Crippen LogP contribution in [0.4, 0.5) is 4.39 Å². The molecule has 1 fully saturated rings. The average Bonchev–Trinajstić information content (AvgIpc) is 3.60. The summed E-state index contributed by atoms with van der Waals surface area (Å²) in [4.78, 5) is 41.6. The zero-order valence-corrected chi connectivity index (χ0v) is 24.3. The minimum absolute atomic E-state index is 0.0145. The van der Waals surface area contributed by atoms with Crippen molar-refractivity contribution in [1.29, 1.82) is 5.26 Å². The number of aryl methyl sites for hydroxylation is 1. The number of nitrogens with one attached hydrogen (secondary N) is 1. The normalized spacial score (nSPS) is 14.7. The Bertz CT molecular complexity index is 1770. The molecule has 1 aromatic carbocycles. The summed E-state index contributed by atoms with van der Waals surface area (Å²) in [6.07, 6.45) is 5.20. The van der Waals surface area contributed by atoms with Crippen molar-refractivity contribution in [1.82, 2.24) is 24.2 Å². The summed E-state index contributed by atoms with van der Waals surface area (Å²) in [7, 11) is 1.44. The van der Waals surface area contributed by atoms with E-state index in [4.69, 9.17) is 14.7 Å². The van der Waals surface area contributed by atoms with Gasteiger partial charge >= 0.3 is 5.69 Å². The zero-order valence-electron chi connectivity index (χ0n) is 23.5. The molecule has 3 heterocycles. The highest BCUT2D eigenvalue weighted by Gasteiger charge is 2.30. The highest BCUT2D eigenvalue weighted by molar-refractivity contribution is 7.21. The van der Waals surface area contributed by atoms with E-state index in [0.717, 1.165) is 23.8 Å². The van der Waals surface area contributed by atoms with E-state index in [1.807, 2.05) is 6.07 Å². The van der Waals surface area contributed by atoms with E-state index in [0.29, 0.717) is 26.7 Å². The number of fused-ring (bicyclic) bond motifs is 1. The summed E-state index contributed by atoms with van der Waals surface area (Å²) < 4.78 is 29.9. The lowest BCUT2D eigenvalue weighted by molar-refractivity contribution is -0.125. The average molecular weight is 595 g/mol. The van der Waals surface area contributed by atoms with Crippen molar-refractivity contribution in [3.63, 3.8) is 0 Å². The molecule has 0 radical (unpaired) electrons. The molecule has 0 aliphatic heterocycles. The van der Waals surface area contributed by atoms with Crippen LogP contribution in [-0.2, 0) is 16.1 Å². The Hall–Kier alpha value is -4.28. The number of benzene rings is 1. The molecule has 0 unspecified atom stereocenters. The molecule has 1 aliphatic carbocycles. The monoisotopic (exact) mass is 594 g/mol. The molecule has 1 amide bonds. The van der Waals surface area contributed by atoms with Gasteiger partial charge in [0.05, 0.1) is 38.1 Å². The van der Waals surface area contributed by atoms with Crippen LogP contribution in [0.15, 0.2) is 46.2 Å². The molecule has 0 saturated heterocycles. The Kier molecular flexibility index (Phi) is 8.56. The topological polar surface area (TPSA) is 133 Å². The van der Waals surface area contributed by atoms with Crippen molar-refractivity contribution in [2.24, 2.45) is 0 Å². The van der Waals surface area contributed by atoms with E-state index in [2.05, 4.69) is 10.4 Å². The first-order valence-corrected chi connectivity index (χ1v) is 14.5. The standard InChI is InChI=1S/C29H31FN6O5S/c1-17-24-26(38)36(18(2)25(37)33-20-7-4-8-20)29(39)34(28(24)42-27(17)35-13-6-12-32-35)16-23(41-14-5-11-31)21-15-19(30)9-10-22(21)40-3/h6,9-10,12-13,15,18,20,23H,4-5,7-8,14,16H2,1-3H3,(H,33,37)/t18-,23+/m1/s1. The molecular weight excluding hydrogens is 563 g/mol. The highest BCUT2D eigenvalue weighted by atomic mass is 32.1. The summed E-state index contributed by atoms with van der Waals surface area (Å²) in [5.41, 5.74) is -0.353. The molecule has 2 atom stereocenters. The predicted molar refractivity (Wildman–Crippen MR) is 155 cm³/mol. The van der Waals surface area contributed by atoms with E-state index < -0.39 is 35.1 Å². The molecule has 4 aromatic rings. The number of ether oxygens (including phenoxy) is 2. The number of carbonyl (C=O) groups excluding carboxylic acids is 1. The predicted octanol–water partition coefficient (Wildman–Crippen LogP) is 3.77. The molecule has 11 nitrogen and oxygen atoms in total. The number of hydrogen-bond acceptors (Lipinski definition) is 8. The summed E-state index contributed by atoms with van der Waals surface area (Å²) in [6.45, 7) is 3.17. The molecule has 1 aliphatic rings. The van der Waals surface area contributed by atoms with Crippen LogP contribution >= 0.6 is 11.3 Å². The van der Waals surface area contributed by atoms with Crippen molar-refractivity contribution in [2.45, 2.75) is 64.3 Å². The van der Waals surface area contributed by atoms with E-state index in [-0.39, 0.29) is 31.0 Å². The Balaban J connectivity index is 1.70. The van der Waals surface area contributed by atoms with Crippen LogP contribution in [0.1, 0.15) is 55.9 Å². The molecule has 1 saturated carbocycles. The fourth-order valence-corrected chi connectivity index (χ4v) is 6.31. The largest absolute Gasteiger partial charge is 0.496 e. The van der Waals surface area contributed by atoms with Crippen LogP contribution in [0.3, 0.4) is 0 Å². The van der Waals surface area contributed by atoms with Gasteiger partial charge in [-0.25, -0.2) is 18.4 Å². The maximum Gasteiger partial charge on any atom is 0.332 e. The van der Waals surface area contributed by atoms with Crippen LogP contribution in [0, 0.1) is 24.1 Å². The minimum atomic E-state index is -1.09. The lowest BCUT2D eigenvalue weighted by Gasteiger charge is -2.28. The van der Waals surface area contributed by atoms with Gasteiger partial charge in [-0.1, -0.05) is 11.3 Å². The fraction of sp³-hybridized carbons (Fsp3) is 0.414. The lowest BCUT2D eigenvalue weighted by Crippen LogP contribution is -2.49. The van der Waals surface area contributed by atoms with Crippen molar-refractivity contribution in [3.8, 4) is 16.8 Å². The maximum absolute atomic E-state index is 14.4. The van der Waals surface area contributed by atoms with Crippen LogP contribution in [0.25, 0.3) is 15.2 Å². The van der Waals surface area contributed by atoms with Crippen LogP contribution in [-0.4, -0.2) is 44.6 Å². The molecular formula is C29H31FN6O5S. The van der Waals surface area contributed by atoms with E-state index in [9.17, 15) is 18.8 Å². The number of methoxy groups -OCH3 is 1. The van der Waals surface area contributed by atoms with E-state index in [1.54, 1.807) is 30.1 Å². The van der Waals surface area contributed by atoms with Crippen molar-refractivity contribution in [2.75, 3.05) is 13.7 Å². The smallest absolute Gasteiger partial charge is 0.332 e. The number of rotatable bonds is 11. The first kappa shape index (κ1) is 29.2. The maximum atomic E-state index is 14.4. The van der Waals surface area contributed by atoms with Gasteiger partial charge in [-0.05, 0) is 57.4 Å². The van der Waals surface area contributed by atoms with Gasteiger partial charge < -0.3 is 14.8 Å². The minimum Gasteiger partial charge on any atom is -0.496 e. The number of nitriles is 1. The SMILES string of the molecule is COc1ccc(F)cc1[C@H](Cn1c(=O)n([C@H](C)C(=O)NC2CCC2)c(=O)c2c(C)c(-n3cccn3)sc21)OCCC#N. The number of amides is 1. The van der Waals surface area contributed by atoms with Crippen molar-refractivity contribution in [3.05, 3.63) is 74.4 Å². The third kappa shape index (κ3) is 5.47. The second-order valence-corrected chi connectivity index (χ2v) is 11.2. The Morgan fingerprint density at radius 1 is 1.33 bits per heavy atom. The molecule has 1 N–H and O–H groups in total. The zero-order chi connectivity index (χ0) is 30.0. The van der Waals surface area contributed by atoms with Gasteiger partial charge in [0.25, 0.3) is 5.56 Å². The molecule has 0 spiro atoms. The molecule has 220 valence electrons. The number of hydrogen-bond donors (Lipinski definition) is 1. The van der Waals surface area contributed by atoms with Crippen molar-refractivity contribution < 1.29 is 18.7 Å². The second-order valence-electron chi connectivity index (χ2n) is 10.2. The first-order chi connectivity index (χ1) is 20.2. The summed E-state index contributed by atoms with van der Waals surface area (Å²) in [6, 6.07) is 6.67. The Morgan fingerprint density at radius 3 is 2.76 bits per heavy atom. The number of nitrogens with zero attached hydrogens (tertiary/aromatic N) is 5. The highest BCUT2D eigenvalue weighted by Crippen LogP contribution is 2.34. The molecule has 5 rings (SSSR count). The number of halogens is 1. The number of thiophene rings is 1. The fourth-order valence-electron chi connectivity index (χ4n) is 5.06. The number of aromatic nitrogens is 4. The summed E-state index contributed by atoms with van der Waals surface area (Å²) >= 11 is 1.20. The van der Waals surface area contributed by atoms with Gasteiger partial charge in [0.15, 0.2) is 0 Å². The van der Waals surface area contributed by atoms with Crippen LogP contribution < -0.4 is 21.3 Å². The Labute approximate surface area is 244 Å². The van der Waals surface area contributed by atoms with Gasteiger partial charge in [0, 0.05) is 29.6 Å². The molecule has 42 heavy (non-hydrogen) atoms. The van der Waals surface area contributed by atoms with Gasteiger partial charge in [0.2, 0.25) is 5.91 Å². The van der Waals surface area contributed by atoms with E-state index in [1.165, 1.54) is 48.1 Å². The third-order valence-corrected chi connectivity index (χ3v) is 8.87. The first-order valence-electron chi connectivity index (χ1n) is 13.7. The van der Waals surface area contributed by atoms with Crippen LogP contribution in [0.2, 0.25) is 0 Å². The Morgan fingerprint density at radius 2 is 2.12 bits per heavy atom. The van der Waals surface area contributed by atoms with Crippen LogP contribution in [0.5, 0.6) is 5.75 Å². The molecule has 3 aromatic heterocycles.